The first-order chi connectivity index (χ1) is 13.1. The quantitative estimate of drug-likeness (QED) is 0.776. The monoisotopic (exact) mass is 397 g/mol. The number of hydrogen-bond donors (Lipinski definition) is 2. The molecule has 0 spiro atoms. The highest BCUT2D eigenvalue weighted by Crippen LogP contribution is 2.54. The first-order valence-electron chi connectivity index (χ1n) is 8.92. The summed E-state index contributed by atoms with van der Waals surface area (Å²) in [7, 11) is 0. The minimum absolute atomic E-state index is 0.0215. The second-order valence-electron chi connectivity index (χ2n) is 7.64. The zero-order chi connectivity index (χ0) is 20.4. The van der Waals surface area contributed by atoms with Crippen molar-refractivity contribution in [1.29, 1.82) is 5.26 Å². The first-order valence-corrected chi connectivity index (χ1v) is 8.92. The van der Waals surface area contributed by atoms with Crippen molar-refractivity contribution in [2.75, 3.05) is 29.4 Å². The predicted octanol–water partition coefficient (Wildman–Crippen LogP) is 1.09. The van der Waals surface area contributed by atoms with Crippen molar-refractivity contribution in [2.45, 2.75) is 31.7 Å². The molecule has 3 heterocycles. The Labute approximate surface area is 158 Å². The number of halogens is 3. The van der Waals surface area contributed by atoms with Crippen LogP contribution in [0.15, 0.2) is 0 Å². The van der Waals surface area contributed by atoms with Gasteiger partial charge >= 0.3 is 12.1 Å². The smallest absolute Gasteiger partial charge is 0.434 e. The number of aliphatic hydroxyl groups excluding tert-OH is 1. The van der Waals surface area contributed by atoms with E-state index in [0.29, 0.717) is 13.1 Å². The normalized spacial score (nSPS) is 31.2. The van der Waals surface area contributed by atoms with E-state index in [4.69, 9.17) is 5.11 Å². The Kier molecular flexibility index (Phi) is 4.15. The maximum atomic E-state index is 13.5. The SMILES string of the molecule is C[C@H]1[C@H](O)CN1c1nc(N2CC3C(CC(=O)O)C3C2)c(C#N)c(C(F)(F)F)n1. The van der Waals surface area contributed by atoms with Crippen molar-refractivity contribution < 1.29 is 28.2 Å². The second-order valence-corrected chi connectivity index (χ2v) is 7.64. The van der Waals surface area contributed by atoms with Gasteiger partial charge in [0.1, 0.15) is 11.6 Å². The van der Waals surface area contributed by atoms with Gasteiger partial charge in [0.15, 0.2) is 11.5 Å². The van der Waals surface area contributed by atoms with Crippen molar-refractivity contribution in [3.05, 3.63) is 11.3 Å². The van der Waals surface area contributed by atoms with Crippen LogP contribution >= 0.6 is 0 Å². The van der Waals surface area contributed by atoms with E-state index < -0.39 is 35.5 Å². The Morgan fingerprint density at radius 2 is 1.93 bits per heavy atom. The number of piperidine rings is 1. The minimum Gasteiger partial charge on any atom is -0.481 e. The van der Waals surface area contributed by atoms with Crippen LogP contribution in [0, 0.1) is 29.1 Å². The highest BCUT2D eigenvalue weighted by molar-refractivity contribution is 5.68. The number of carbonyl (C=O) groups is 1. The Morgan fingerprint density at radius 1 is 1.29 bits per heavy atom. The third-order valence-corrected chi connectivity index (χ3v) is 6.03. The van der Waals surface area contributed by atoms with Gasteiger partial charge in [-0.3, -0.25) is 4.79 Å². The number of aromatic nitrogens is 2. The number of anilines is 2. The molecule has 3 aliphatic rings. The molecule has 0 amide bonds. The van der Waals surface area contributed by atoms with Crippen LogP contribution in [0.2, 0.25) is 0 Å². The molecule has 4 rings (SSSR count). The van der Waals surface area contributed by atoms with Gasteiger partial charge in [0.25, 0.3) is 0 Å². The summed E-state index contributed by atoms with van der Waals surface area (Å²) in [6, 6.07) is 1.17. The van der Waals surface area contributed by atoms with Crippen LogP contribution in [0.1, 0.15) is 24.6 Å². The molecule has 1 aliphatic carbocycles. The summed E-state index contributed by atoms with van der Waals surface area (Å²) in [6.07, 6.45) is -5.45. The molecule has 28 heavy (non-hydrogen) atoms. The van der Waals surface area contributed by atoms with Crippen molar-refractivity contribution in [3.8, 4) is 6.07 Å². The van der Waals surface area contributed by atoms with Gasteiger partial charge < -0.3 is 20.0 Å². The number of carboxylic acids is 1. The average molecular weight is 397 g/mol. The van der Waals surface area contributed by atoms with E-state index in [9.17, 15) is 28.3 Å². The standard InChI is InChI=1S/C17H18F3N5O3/c1-7-12(26)6-25(7)16-22-14(17(18,19)20)9(3-21)15(23-16)24-4-10-8(2-13(27)28)11(10)5-24/h7-8,10-12,26H,2,4-6H2,1H3,(H,27,28)/t7-,8?,10?,11?,12+/m0/s1. The maximum Gasteiger partial charge on any atom is 0.434 e. The van der Waals surface area contributed by atoms with Crippen LogP contribution in [-0.2, 0) is 11.0 Å². The largest absolute Gasteiger partial charge is 0.481 e. The van der Waals surface area contributed by atoms with Crippen molar-refractivity contribution >= 4 is 17.7 Å². The zero-order valence-corrected chi connectivity index (χ0v) is 14.9. The van der Waals surface area contributed by atoms with Crippen molar-refractivity contribution in [2.24, 2.45) is 17.8 Å². The van der Waals surface area contributed by atoms with Crippen LogP contribution in [0.25, 0.3) is 0 Å². The van der Waals surface area contributed by atoms with E-state index in [-0.39, 0.29) is 42.5 Å². The highest BCUT2D eigenvalue weighted by Gasteiger charge is 2.57. The van der Waals surface area contributed by atoms with Crippen molar-refractivity contribution in [1.82, 2.24) is 9.97 Å². The Balaban J connectivity index is 1.67. The summed E-state index contributed by atoms with van der Waals surface area (Å²) in [5.41, 5.74) is -1.91. The molecule has 150 valence electrons. The van der Waals surface area contributed by atoms with Gasteiger partial charge in [0, 0.05) is 26.1 Å². The molecule has 2 saturated heterocycles. The summed E-state index contributed by atoms with van der Waals surface area (Å²) < 4.78 is 40.6. The fourth-order valence-electron chi connectivity index (χ4n) is 4.28. The molecular weight excluding hydrogens is 379 g/mol. The van der Waals surface area contributed by atoms with E-state index in [2.05, 4.69) is 9.97 Å². The lowest BCUT2D eigenvalue weighted by Gasteiger charge is -2.43. The van der Waals surface area contributed by atoms with E-state index >= 15 is 0 Å². The first kappa shape index (κ1) is 18.7. The zero-order valence-electron chi connectivity index (χ0n) is 14.9. The van der Waals surface area contributed by atoms with Gasteiger partial charge in [-0.1, -0.05) is 0 Å². The lowest BCUT2D eigenvalue weighted by molar-refractivity contribution is -0.141. The number of nitrogens with zero attached hydrogens (tertiary/aromatic N) is 5. The molecule has 0 bridgehead atoms. The van der Waals surface area contributed by atoms with Gasteiger partial charge in [-0.05, 0) is 24.7 Å². The summed E-state index contributed by atoms with van der Waals surface area (Å²) in [5.74, 6) is -0.942. The van der Waals surface area contributed by atoms with Gasteiger partial charge in [-0.15, -0.1) is 0 Å². The molecule has 1 saturated carbocycles. The fourth-order valence-corrected chi connectivity index (χ4v) is 4.28. The third kappa shape index (κ3) is 2.92. The molecule has 2 aliphatic heterocycles. The van der Waals surface area contributed by atoms with Gasteiger partial charge in [0.2, 0.25) is 5.95 Å². The van der Waals surface area contributed by atoms with Crippen molar-refractivity contribution in [3.63, 3.8) is 0 Å². The summed E-state index contributed by atoms with van der Waals surface area (Å²) in [5, 5.41) is 28.0. The minimum atomic E-state index is -4.82. The number of alkyl halides is 3. The molecule has 1 aromatic heterocycles. The molecule has 2 unspecified atom stereocenters. The molecular formula is C17H18F3N5O3. The predicted molar refractivity (Wildman–Crippen MR) is 89.5 cm³/mol. The molecule has 4 atom stereocenters. The topological polar surface area (TPSA) is 114 Å². The maximum absolute atomic E-state index is 13.5. The summed E-state index contributed by atoms with van der Waals surface area (Å²) in [6.45, 7) is 2.51. The number of carboxylic acid groups (broad SMARTS) is 1. The van der Waals surface area contributed by atoms with E-state index in [1.54, 1.807) is 17.9 Å². The Hall–Kier alpha value is -2.61. The van der Waals surface area contributed by atoms with E-state index in [1.807, 2.05) is 0 Å². The third-order valence-electron chi connectivity index (χ3n) is 6.03. The van der Waals surface area contributed by atoms with Crippen LogP contribution in [0.3, 0.4) is 0 Å². The van der Waals surface area contributed by atoms with Crippen LogP contribution in [-0.4, -0.2) is 57.9 Å². The molecule has 0 radical (unpaired) electrons. The van der Waals surface area contributed by atoms with E-state index in [0.717, 1.165) is 0 Å². The summed E-state index contributed by atoms with van der Waals surface area (Å²) >= 11 is 0. The number of aliphatic hydroxyl groups is 1. The Bertz CT molecular complexity index is 859. The molecule has 2 N–H and O–H groups in total. The molecule has 0 aromatic carbocycles. The van der Waals surface area contributed by atoms with Gasteiger partial charge in [-0.25, -0.2) is 4.98 Å². The lowest BCUT2D eigenvalue weighted by atomic mass is 10.0. The summed E-state index contributed by atoms with van der Waals surface area (Å²) in [4.78, 5) is 21.8. The number of hydrogen-bond acceptors (Lipinski definition) is 7. The van der Waals surface area contributed by atoms with Crippen LogP contribution in [0.4, 0.5) is 24.9 Å². The molecule has 11 heteroatoms. The lowest BCUT2D eigenvalue weighted by Crippen LogP contribution is -2.59. The van der Waals surface area contributed by atoms with Crippen LogP contribution in [0.5, 0.6) is 0 Å². The fraction of sp³-hybridized carbons (Fsp3) is 0.647. The molecule has 8 nitrogen and oxygen atoms in total. The number of β-amino-alcohol motifs (C(OH)–C–C–N with tert-alkyl or cyclic N) is 1. The van der Waals surface area contributed by atoms with Gasteiger partial charge in [-0.2, -0.15) is 23.4 Å². The number of fused-ring (bicyclic) bond motifs is 1. The molecule has 1 aromatic rings. The average Bonchev–Trinajstić information content (AvgIpc) is 3.05. The van der Waals surface area contributed by atoms with E-state index in [1.165, 1.54) is 4.90 Å². The number of rotatable bonds is 4. The van der Waals surface area contributed by atoms with Crippen LogP contribution < -0.4 is 9.80 Å². The van der Waals surface area contributed by atoms with Gasteiger partial charge in [0.05, 0.1) is 12.1 Å². The Morgan fingerprint density at radius 3 is 2.39 bits per heavy atom. The number of nitriles is 1. The number of aliphatic carboxylic acids is 1. The second kappa shape index (κ2) is 6.20. The highest BCUT2D eigenvalue weighted by atomic mass is 19.4. The molecule has 3 fully saturated rings.